The number of hydrogen-bond donors (Lipinski definition) is 2. The van der Waals surface area contributed by atoms with Gasteiger partial charge in [0.15, 0.2) is 0 Å². The molecule has 0 unspecified atom stereocenters. The average molecular weight is 367 g/mol. The van der Waals surface area contributed by atoms with Crippen LogP contribution in [0.1, 0.15) is 17.2 Å². The lowest BCUT2D eigenvalue weighted by Gasteiger charge is -1.98. The second kappa shape index (κ2) is 7.04. The summed E-state index contributed by atoms with van der Waals surface area (Å²) in [7, 11) is 0. The summed E-state index contributed by atoms with van der Waals surface area (Å²) in [6.45, 7) is 0. The quantitative estimate of drug-likeness (QED) is 0.527. The van der Waals surface area contributed by atoms with Gasteiger partial charge in [-0.25, -0.2) is 9.97 Å². The molecule has 0 saturated carbocycles. The van der Waals surface area contributed by atoms with Crippen molar-refractivity contribution in [3.63, 3.8) is 0 Å². The minimum atomic E-state index is -0.0999. The fourth-order valence-corrected chi connectivity index (χ4v) is 3.66. The highest BCUT2D eigenvalue weighted by Gasteiger charge is 2.07. The fourth-order valence-electron chi connectivity index (χ4n) is 2.26. The third-order valence-electron chi connectivity index (χ3n) is 3.42. The number of thioether (sulfide) groups is 1. The van der Waals surface area contributed by atoms with Gasteiger partial charge >= 0.3 is 0 Å². The van der Waals surface area contributed by atoms with Crippen LogP contribution in [-0.4, -0.2) is 25.1 Å². The normalized spacial score (nSPS) is 11.5. The number of nitrogens with one attached hydrogen (secondary N) is 2. The molecule has 3 aromatic heterocycles. The lowest BCUT2D eigenvalue weighted by Crippen LogP contribution is -2.09. The number of benzene rings is 1. The second-order valence-corrected chi connectivity index (χ2v) is 7.04. The maximum absolute atomic E-state index is 12.0. The maximum Gasteiger partial charge on any atom is 0.268 e. The van der Waals surface area contributed by atoms with Crippen molar-refractivity contribution < 1.29 is 0 Å². The molecule has 25 heavy (non-hydrogen) atoms. The number of hydrogen-bond acceptors (Lipinski definition) is 6. The topological polar surface area (TPSA) is 87.3 Å². The first-order chi connectivity index (χ1) is 12.3. The van der Waals surface area contributed by atoms with Crippen molar-refractivity contribution in [2.24, 2.45) is 0 Å². The van der Waals surface area contributed by atoms with Gasteiger partial charge in [0.2, 0.25) is 5.16 Å². The number of rotatable bonds is 5. The summed E-state index contributed by atoms with van der Waals surface area (Å²) < 4.78 is 0.653. The molecule has 0 radical (unpaired) electrons. The predicted molar refractivity (Wildman–Crippen MR) is 102 cm³/mol. The Labute approximate surface area is 151 Å². The Hall–Kier alpha value is -2.71. The van der Waals surface area contributed by atoms with E-state index < -0.39 is 0 Å². The van der Waals surface area contributed by atoms with Crippen LogP contribution < -0.4 is 5.56 Å². The van der Waals surface area contributed by atoms with E-state index in [9.17, 15) is 4.79 Å². The first-order valence-corrected chi connectivity index (χ1v) is 9.39. The summed E-state index contributed by atoms with van der Waals surface area (Å²) in [6, 6.07) is 11.8. The summed E-state index contributed by atoms with van der Waals surface area (Å²) in [4.78, 5) is 23.6. The van der Waals surface area contributed by atoms with E-state index >= 15 is 0 Å². The molecular formula is C17H13N5OS2. The van der Waals surface area contributed by atoms with E-state index in [1.165, 1.54) is 23.1 Å². The molecule has 0 amide bonds. The zero-order chi connectivity index (χ0) is 17.1. The fraction of sp³-hybridized carbons (Fsp3) is 0.0588. The maximum atomic E-state index is 12.0. The van der Waals surface area contributed by atoms with Crippen LogP contribution in [0.25, 0.3) is 22.4 Å². The molecule has 0 saturated heterocycles. The number of nitrogens with zero attached hydrogens (tertiary/aromatic N) is 3. The van der Waals surface area contributed by atoms with E-state index in [1.807, 2.05) is 53.9 Å². The van der Waals surface area contributed by atoms with Crippen molar-refractivity contribution in [3.8, 4) is 0 Å². The number of aromatic amines is 2. The second-order valence-electron chi connectivity index (χ2n) is 5.18. The Morgan fingerprint density at radius 3 is 2.88 bits per heavy atom. The minimum Gasteiger partial charge on any atom is -0.309 e. The van der Waals surface area contributed by atoms with Gasteiger partial charge in [-0.05, 0) is 23.1 Å². The first-order valence-electron chi connectivity index (χ1n) is 7.53. The van der Waals surface area contributed by atoms with Crippen molar-refractivity contribution in [1.29, 1.82) is 0 Å². The van der Waals surface area contributed by atoms with Crippen LogP contribution in [0.5, 0.6) is 0 Å². The van der Waals surface area contributed by atoms with Gasteiger partial charge in [-0.1, -0.05) is 48.2 Å². The Morgan fingerprint density at radius 1 is 1.12 bits per heavy atom. The third-order valence-corrected chi connectivity index (χ3v) is 5.18. The summed E-state index contributed by atoms with van der Waals surface area (Å²) in [5, 5.41) is 9.54. The Kier molecular flexibility index (Phi) is 4.45. The largest absolute Gasteiger partial charge is 0.309 e. The molecule has 0 aliphatic heterocycles. The molecule has 124 valence electrons. The Morgan fingerprint density at radius 2 is 2.00 bits per heavy atom. The molecule has 3 heterocycles. The van der Waals surface area contributed by atoms with Crippen LogP contribution in [0.4, 0.5) is 0 Å². The monoisotopic (exact) mass is 367 g/mol. The Balaban J connectivity index is 1.44. The molecule has 0 spiro atoms. The van der Waals surface area contributed by atoms with Crippen LogP contribution in [0, 0.1) is 0 Å². The summed E-state index contributed by atoms with van der Waals surface area (Å²) in [5.41, 5.74) is 1.72. The van der Waals surface area contributed by atoms with Crippen LogP contribution >= 0.6 is 23.1 Å². The molecule has 0 atom stereocenters. The van der Waals surface area contributed by atoms with E-state index in [1.54, 1.807) is 0 Å². The molecule has 4 aromatic rings. The van der Waals surface area contributed by atoms with E-state index in [4.69, 9.17) is 0 Å². The minimum absolute atomic E-state index is 0.0999. The van der Waals surface area contributed by atoms with Crippen molar-refractivity contribution in [1.82, 2.24) is 25.1 Å². The van der Waals surface area contributed by atoms with Gasteiger partial charge in [0, 0.05) is 0 Å². The van der Waals surface area contributed by atoms with Crippen LogP contribution in [0.15, 0.2) is 51.7 Å². The van der Waals surface area contributed by atoms with Gasteiger partial charge in [0.25, 0.3) is 5.56 Å². The van der Waals surface area contributed by atoms with Crippen LogP contribution in [0.2, 0.25) is 0 Å². The molecular weight excluding hydrogens is 354 g/mol. The SMILES string of the molecule is O=c1[nH]c(CSc2n[nH]c(/C=C/c3ccccc3)n2)nc2ccsc12. The molecule has 4 rings (SSSR count). The molecule has 6 nitrogen and oxygen atoms in total. The molecule has 2 N–H and O–H groups in total. The number of thiophene rings is 1. The predicted octanol–water partition coefficient (Wildman–Crippen LogP) is 3.57. The van der Waals surface area contributed by atoms with Crippen molar-refractivity contribution in [3.05, 3.63) is 69.3 Å². The molecule has 8 heteroatoms. The molecule has 0 aliphatic rings. The van der Waals surface area contributed by atoms with E-state index in [-0.39, 0.29) is 5.56 Å². The average Bonchev–Trinajstić information content (AvgIpc) is 3.28. The summed E-state index contributed by atoms with van der Waals surface area (Å²) in [6.07, 6.45) is 3.85. The zero-order valence-corrected chi connectivity index (χ0v) is 14.6. The van der Waals surface area contributed by atoms with Crippen molar-refractivity contribution >= 4 is 45.5 Å². The lowest BCUT2D eigenvalue weighted by atomic mass is 10.2. The number of H-pyrrole nitrogens is 2. The highest BCUT2D eigenvalue weighted by molar-refractivity contribution is 7.98. The first kappa shape index (κ1) is 15.8. The molecule has 0 bridgehead atoms. The summed E-state index contributed by atoms with van der Waals surface area (Å²) in [5.74, 6) is 1.80. The van der Waals surface area contributed by atoms with E-state index in [0.29, 0.717) is 27.3 Å². The molecule has 0 aliphatic carbocycles. The number of aromatic nitrogens is 5. The number of fused-ring (bicyclic) bond motifs is 1. The van der Waals surface area contributed by atoms with Gasteiger partial charge in [-0.3, -0.25) is 9.89 Å². The van der Waals surface area contributed by atoms with Crippen LogP contribution in [0.3, 0.4) is 0 Å². The van der Waals surface area contributed by atoms with E-state index in [2.05, 4.69) is 25.1 Å². The lowest BCUT2D eigenvalue weighted by molar-refractivity contribution is 0.965. The van der Waals surface area contributed by atoms with Crippen LogP contribution in [-0.2, 0) is 5.75 Å². The zero-order valence-electron chi connectivity index (χ0n) is 13.0. The van der Waals surface area contributed by atoms with Gasteiger partial charge in [-0.2, -0.15) is 0 Å². The van der Waals surface area contributed by atoms with Crippen molar-refractivity contribution in [2.75, 3.05) is 0 Å². The third kappa shape index (κ3) is 3.70. The molecule has 0 fully saturated rings. The van der Waals surface area contributed by atoms with Crippen molar-refractivity contribution in [2.45, 2.75) is 10.9 Å². The van der Waals surface area contributed by atoms with Gasteiger partial charge in [0.1, 0.15) is 16.3 Å². The smallest absolute Gasteiger partial charge is 0.268 e. The van der Waals surface area contributed by atoms with E-state index in [0.717, 1.165) is 11.1 Å². The standard InChI is InChI=1S/C17H13N5OS2/c23-16-15-12(8-9-24-15)18-14(19-16)10-25-17-20-13(21-22-17)7-6-11-4-2-1-3-5-11/h1-9H,10H2,(H,18,19,23)(H,20,21,22)/b7-6+. The van der Waals surface area contributed by atoms with Gasteiger partial charge < -0.3 is 4.98 Å². The highest BCUT2D eigenvalue weighted by Crippen LogP contribution is 2.19. The summed E-state index contributed by atoms with van der Waals surface area (Å²) >= 11 is 2.81. The highest BCUT2D eigenvalue weighted by atomic mass is 32.2. The Bertz CT molecular complexity index is 1080. The van der Waals surface area contributed by atoms with Gasteiger partial charge in [-0.15, -0.1) is 16.4 Å². The van der Waals surface area contributed by atoms with Gasteiger partial charge in [0.05, 0.1) is 11.3 Å². The molecule has 1 aromatic carbocycles.